The quantitative estimate of drug-likeness (QED) is 0.0264. The lowest BCUT2D eigenvalue weighted by Crippen LogP contribution is -2.29. The SMILES string of the molecule is CC/C=C\C/C=C\C/C=C\C/C=C\C/C=C\C/C=C\C/C=C\CCCCCCCCCCCCCCCCCC(=O)OC(COC(=O)CCCCCCCCCCCC)COP(=O)(O)OCCN. The summed E-state index contributed by atoms with van der Waals surface area (Å²) in [7, 11) is -4.38. The molecule has 2 unspecified atom stereocenters. The van der Waals surface area contributed by atoms with Gasteiger partial charge in [0.05, 0.1) is 13.2 Å². The highest BCUT2D eigenvalue weighted by Crippen LogP contribution is 2.43. The third-order valence-corrected chi connectivity index (χ3v) is 12.5. The van der Waals surface area contributed by atoms with Gasteiger partial charge in [0, 0.05) is 19.4 Å². The van der Waals surface area contributed by atoms with Crippen molar-refractivity contribution in [3.63, 3.8) is 0 Å². The topological polar surface area (TPSA) is 134 Å². The van der Waals surface area contributed by atoms with Crippen LogP contribution in [0.4, 0.5) is 0 Å². The van der Waals surface area contributed by atoms with Crippen LogP contribution in [0.5, 0.6) is 0 Å². The molecular formula is C58H102NO8P. The van der Waals surface area contributed by atoms with Crippen molar-refractivity contribution in [3.8, 4) is 0 Å². The van der Waals surface area contributed by atoms with Crippen molar-refractivity contribution in [2.75, 3.05) is 26.4 Å². The molecule has 0 aliphatic rings. The lowest BCUT2D eigenvalue weighted by molar-refractivity contribution is -0.161. The largest absolute Gasteiger partial charge is 0.472 e. The van der Waals surface area contributed by atoms with Crippen molar-refractivity contribution >= 4 is 19.8 Å². The lowest BCUT2D eigenvalue weighted by atomic mass is 10.0. The zero-order valence-corrected chi connectivity index (χ0v) is 44.5. The number of carbonyl (C=O) groups excluding carboxylic acids is 2. The highest BCUT2D eigenvalue weighted by Gasteiger charge is 2.26. The number of allylic oxidation sites excluding steroid dienone is 14. The smallest absolute Gasteiger partial charge is 0.462 e. The number of unbranched alkanes of at least 4 members (excludes halogenated alkanes) is 24. The van der Waals surface area contributed by atoms with Crippen molar-refractivity contribution in [2.24, 2.45) is 5.73 Å². The minimum Gasteiger partial charge on any atom is -0.462 e. The van der Waals surface area contributed by atoms with E-state index in [-0.39, 0.29) is 38.6 Å². The zero-order valence-electron chi connectivity index (χ0n) is 43.6. The average Bonchev–Trinajstić information content (AvgIpc) is 3.33. The lowest BCUT2D eigenvalue weighted by Gasteiger charge is -2.19. The fourth-order valence-electron chi connectivity index (χ4n) is 7.50. The molecule has 0 amide bonds. The number of nitrogens with two attached hydrogens (primary N) is 1. The normalized spacial score (nSPS) is 13.8. The van der Waals surface area contributed by atoms with Crippen LogP contribution in [0.3, 0.4) is 0 Å². The van der Waals surface area contributed by atoms with Gasteiger partial charge in [-0.2, -0.15) is 0 Å². The molecule has 0 aromatic carbocycles. The number of ether oxygens (including phenoxy) is 2. The summed E-state index contributed by atoms with van der Waals surface area (Å²) in [6, 6.07) is 0. The first kappa shape index (κ1) is 65.2. The first-order valence-electron chi connectivity index (χ1n) is 27.6. The van der Waals surface area contributed by atoms with E-state index in [1.165, 1.54) is 122 Å². The molecule has 0 saturated carbocycles. The molecule has 3 N–H and O–H groups in total. The molecule has 0 rings (SSSR count). The van der Waals surface area contributed by atoms with Gasteiger partial charge in [-0.3, -0.25) is 18.6 Å². The van der Waals surface area contributed by atoms with Gasteiger partial charge in [0.25, 0.3) is 0 Å². The van der Waals surface area contributed by atoms with Crippen molar-refractivity contribution in [1.82, 2.24) is 0 Å². The van der Waals surface area contributed by atoms with Crippen molar-refractivity contribution in [3.05, 3.63) is 85.1 Å². The van der Waals surface area contributed by atoms with Gasteiger partial charge in [-0.15, -0.1) is 0 Å². The monoisotopic (exact) mass is 972 g/mol. The Morgan fingerprint density at radius 3 is 1.21 bits per heavy atom. The van der Waals surface area contributed by atoms with Crippen LogP contribution >= 0.6 is 7.82 Å². The average molecular weight is 972 g/mol. The molecule has 0 radical (unpaired) electrons. The van der Waals surface area contributed by atoms with Crippen LogP contribution in [0.2, 0.25) is 0 Å². The predicted molar refractivity (Wildman–Crippen MR) is 289 cm³/mol. The fourth-order valence-corrected chi connectivity index (χ4v) is 8.26. The first-order chi connectivity index (χ1) is 33.3. The van der Waals surface area contributed by atoms with Gasteiger partial charge < -0.3 is 20.1 Å². The van der Waals surface area contributed by atoms with Gasteiger partial charge in [-0.1, -0.05) is 240 Å². The molecule has 0 aliphatic heterocycles. The Labute approximate surface area is 417 Å². The molecule has 9 nitrogen and oxygen atoms in total. The van der Waals surface area contributed by atoms with E-state index < -0.39 is 26.5 Å². The highest BCUT2D eigenvalue weighted by molar-refractivity contribution is 7.47. The summed E-state index contributed by atoms with van der Waals surface area (Å²) in [5.41, 5.74) is 5.36. The molecule has 0 saturated heterocycles. The molecule has 0 spiro atoms. The third-order valence-electron chi connectivity index (χ3n) is 11.5. The minimum absolute atomic E-state index is 0.0525. The molecule has 0 heterocycles. The Hall–Kier alpha value is -2.81. The maximum Gasteiger partial charge on any atom is 0.472 e. The molecule has 68 heavy (non-hydrogen) atoms. The molecule has 0 aromatic rings. The second-order valence-electron chi connectivity index (χ2n) is 18.1. The predicted octanol–water partition coefficient (Wildman–Crippen LogP) is 17.1. The van der Waals surface area contributed by atoms with Crippen LogP contribution in [-0.4, -0.2) is 49.3 Å². The van der Waals surface area contributed by atoms with Crippen LogP contribution in [0.1, 0.15) is 239 Å². The summed E-state index contributed by atoms with van der Waals surface area (Å²) in [4.78, 5) is 34.9. The van der Waals surface area contributed by atoms with E-state index in [0.29, 0.717) is 6.42 Å². The third kappa shape index (κ3) is 52.6. The maximum absolute atomic E-state index is 12.6. The van der Waals surface area contributed by atoms with E-state index in [4.69, 9.17) is 24.3 Å². The van der Waals surface area contributed by atoms with E-state index in [2.05, 4.69) is 98.9 Å². The summed E-state index contributed by atoms with van der Waals surface area (Å²) in [5, 5.41) is 0. The van der Waals surface area contributed by atoms with Gasteiger partial charge in [0.2, 0.25) is 0 Å². The van der Waals surface area contributed by atoms with Crippen LogP contribution < -0.4 is 5.73 Å². The molecule has 0 aromatic heterocycles. The van der Waals surface area contributed by atoms with E-state index >= 15 is 0 Å². The van der Waals surface area contributed by atoms with Crippen molar-refractivity contribution < 1.29 is 37.6 Å². The van der Waals surface area contributed by atoms with E-state index in [1.54, 1.807) is 0 Å². The summed E-state index contributed by atoms with van der Waals surface area (Å²) in [5.74, 6) is -0.827. The number of hydrogen-bond acceptors (Lipinski definition) is 8. The van der Waals surface area contributed by atoms with Crippen molar-refractivity contribution in [2.45, 2.75) is 245 Å². The van der Waals surface area contributed by atoms with Gasteiger partial charge in [0.15, 0.2) is 6.10 Å². The van der Waals surface area contributed by atoms with E-state index in [1.807, 2.05) is 0 Å². The van der Waals surface area contributed by atoms with Crippen LogP contribution in [0.15, 0.2) is 85.1 Å². The number of phosphoric ester groups is 1. The Kier molecular flexibility index (Phi) is 51.3. The molecule has 10 heteroatoms. The molecule has 0 aliphatic carbocycles. The number of hydrogen-bond donors (Lipinski definition) is 2. The van der Waals surface area contributed by atoms with Crippen LogP contribution in [-0.2, 0) is 32.7 Å². The van der Waals surface area contributed by atoms with Gasteiger partial charge in [-0.05, 0) is 70.6 Å². The van der Waals surface area contributed by atoms with Gasteiger partial charge >= 0.3 is 19.8 Å². The number of esters is 2. The zero-order chi connectivity index (χ0) is 49.5. The maximum atomic E-state index is 12.6. The minimum atomic E-state index is -4.38. The number of carbonyl (C=O) groups is 2. The van der Waals surface area contributed by atoms with Crippen molar-refractivity contribution in [1.29, 1.82) is 0 Å². The Bertz CT molecular complexity index is 1390. The van der Waals surface area contributed by atoms with E-state index in [9.17, 15) is 19.0 Å². The summed E-state index contributed by atoms with van der Waals surface area (Å²) in [6.45, 7) is 3.61. The summed E-state index contributed by atoms with van der Waals surface area (Å²) >= 11 is 0. The fraction of sp³-hybridized carbons (Fsp3) is 0.724. The summed E-state index contributed by atoms with van der Waals surface area (Å²) in [6.07, 6.45) is 69.4. The van der Waals surface area contributed by atoms with Gasteiger partial charge in [-0.25, -0.2) is 4.57 Å². The van der Waals surface area contributed by atoms with Crippen LogP contribution in [0.25, 0.3) is 0 Å². The summed E-state index contributed by atoms with van der Waals surface area (Å²) < 4.78 is 32.9. The Balaban J connectivity index is 3.85. The Morgan fingerprint density at radius 1 is 0.456 bits per heavy atom. The molecular weight excluding hydrogens is 870 g/mol. The van der Waals surface area contributed by atoms with E-state index in [0.717, 1.165) is 83.5 Å². The highest BCUT2D eigenvalue weighted by atomic mass is 31.2. The number of phosphoric acid groups is 1. The molecule has 2 atom stereocenters. The second-order valence-corrected chi connectivity index (χ2v) is 19.5. The Morgan fingerprint density at radius 2 is 0.809 bits per heavy atom. The van der Waals surface area contributed by atoms with Gasteiger partial charge in [0.1, 0.15) is 6.61 Å². The standard InChI is InChI=1S/C58H102NO8P/c1-3-5-7-9-11-13-15-16-17-18-19-20-21-22-23-24-25-26-27-28-29-30-31-32-33-34-35-36-37-38-39-40-41-43-45-47-49-51-58(61)67-56(55-66-68(62,63)65-53-52-59)54-64-57(60)50-48-46-44-42-14-12-10-8-6-4-2/h5,7,11,13,16-17,19-20,22-23,25-26,28-29,56H,3-4,6,8-10,12,14-15,18,21,24,27,30-55,59H2,1-2H3,(H,62,63)/b7-5-,13-11-,17-16-,20-19-,23-22-,26-25-,29-28-. The molecule has 0 bridgehead atoms. The molecule has 392 valence electrons. The number of rotatable bonds is 51. The van der Waals surface area contributed by atoms with Crippen LogP contribution in [0, 0.1) is 0 Å². The molecule has 0 fully saturated rings. The second kappa shape index (κ2) is 53.5. The first-order valence-corrected chi connectivity index (χ1v) is 29.1.